The molecule has 0 unspecified atom stereocenters. The van der Waals surface area contributed by atoms with Crippen LogP contribution in [-0.2, 0) is 7.05 Å². The molecule has 0 amide bonds. The van der Waals surface area contributed by atoms with Crippen molar-refractivity contribution < 1.29 is 0 Å². The number of aromatic nitrogens is 6. The molecule has 0 aliphatic rings. The number of hydrogen-bond donors (Lipinski definition) is 0. The molecule has 48 heavy (non-hydrogen) atoms. The van der Waals surface area contributed by atoms with Crippen molar-refractivity contribution in [3.8, 4) is 34.3 Å². The van der Waals surface area contributed by atoms with E-state index >= 15 is 0 Å². The van der Waals surface area contributed by atoms with Crippen molar-refractivity contribution in [3.63, 3.8) is 0 Å². The molecule has 10 aromatic rings. The first-order valence-corrected chi connectivity index (χ1v) is 16.1. The van der Waals surface area contributed by atoms with Gasteiger partial charge in [-0.2, -0.15) is 4.98 Å². The topological polar surface area (TPSA) is 53.5 Å². The van der Waals surface area contributed by atoms with Gasteiger partial charge in [0.05, 0.1) is 22.1 Å². The molecule has 0 saturated carbocycles. The van der Waals surface area contributed by atoms with Crippen LogP contribution in [-0.4, -0.2) is 28.7 Å². The van der Waals surface area contributed by atoms with Gasteiger partial charge in [-0.05, 0) is 36.4 Å². The van der Waals surface area contributed by atoms with Crippen LogP contribution in [0.25, 0.3) is 89.1 Å². The Morgan fingerprint density at radius 1 is 0.438 bits per heavy atom. The molecule has 6 heteroatoms. The predicted octanol–water partition coefficient (Wildman–Crippen LogP) is 9.89. The predicted molar refractivity (Wildman–Crippen MR) is 196 cm³/mol. The van der Waals surface area contributed by atoms with Crippen molar-refractivity contribution in [2.24, 2.45) is 7.05 Å². The Morgan fingerprint density at radius 2 is 0.958 bits per heavy atom. The standard InChI is InChI=1S/C42H28N6/c1-46-39-38(27-15-5-2-6-16-27)43-40(28-17-7-3-8-18-28)44-41(39)45-42(46)48-35-24-14-12-22-31(35)33-25-36-32(26-37(33)48)30-21-11-13-23-34(30)47(36)29-19-9-4-10-20-29/h2-26H,1H3. The molecule has 0 aliphatic heterocycles. The number of imidazole rings is 1. The van der Waals surface area contributed by atoms with Crippen LogP contribution in [0.1, 0.15) is 0 Å². The summed E-state index contributed by atoms with van der Waals surface area (Å²) in [6.45, 7) is 0. The molecule has 6 aromatic carbocycles. The number of benzene rings is 6. The van der Waals surface area contributed by atoms with Gasteiger partial charge in [-0.3, -0.25) is 4.57 Å². The summed E-state index contributed by atoms with van der Waals surface area (Å²) in [5.74, 6) is 1.45. The number of aryl methyl sites for hydroxylation is 1. The van der Waals surface area contributed by atoms with Gasteiger partial charge in [0, 0.05) is 45.4 Å². The molecule has 4 heterocycles. The molecule has 0 atom stereocenters. The molecule has 0 spiro atoms. The highest BCUT2D eigenvalue weighted by molar-refractivity contribution is 6.19. The molecule has 4 aromatic heterocycles. The third-order valence-corrected chi connectivity index (χ3v) is 9.47. The number of hydrogen-bond acceptors (Lipinski definition) is 3. The summed E-state index contributed by atoms with van der Waals surface area (Å²) in [5.41, 5.74) is 10.1. The summed E-state index contributed by atoms with van der Waals surface area (Å²) in [4.78, 5) is 15.5. The Bertz CT molecular complexity index is 2830. The van der Waals surface area contributed by atoms with Gasteiger partial charge in [-0.1, -0.05) is 115 Å². The van der Waals surface area contributed by atoms with E-state index < -0.39 is 0 Å². The van der Waals surface area contributed by atoms with E-state index in [-0.39, 0.29) is 0 Å². The molecule has 0 N–H and O–H groups in total. The lowest BCUT2D eigenvalue weighted by atomic mass is 10.1. The molecule has 0 radical (unpaired) electrons. The van der Waals surface area contributed by atoms with Crippen molar-refractivity contribution >= 4 is 54.8 Å². The number of fused-ring (bicyclic) bond motifs is 7. The van der Waals surface area contributed by atoms with Crippen molar-refractivity contribution in [1.82, 2.24) is 28.7 Å². The second-order valence-corrected chi connectivity index (χ2v) is 12.2. The van der Waals surface area contributed by atoms with Gasteiger partial charge in [0.1, 0.15) is 11.2 Å². The Labute approximate surface area is 275 Å². The van der Waals surface area contributed by atoms with Gasteiger partial charge in [-0.15, -0.1) is 0 Å². The average Bonchev–Trinajstić information content (AvgIpc) is 3.77. The third kappa shape index (κ3) is 3.83. The Kier molecular flexibility index (Phi) is 5.69. The first kappa shape index (κ1) is 26.7. The van der Waals surface area contributed by atoms with Gasteiger partial charge in [-0.25, -0.2) is 9.97 Å². The van der Waals surface area contributed by atoms with Crippen molar-refractivity contribution in [3.05, 3.63) is 152 Å². The zero-order valence-electron chi connectivity index (χ0n) is 26.1. The Balaban J connectivity index is 1.31. The van der Waals surface area contributed by atoms with Crippen LogP contribution in [0.3, 0.4) is 0 Å². The fraction of sp³-hybridized carbons (Fsp3) is 0.0238. The molecule has 0 saturated heterocycles. The first-order chi connectivity index (χ1) is 23.7. The van der Waals surface area contributed by atoms with Gasteiger partial charge in [0.2, 0.25) is 5.95 Å². The van der Waals surface area contributed by atoms with Gasteiger partial charge in [0.15, 0.2) is 11.5 Å². The minimum Gasteiger partial charge on any atom is -0.309 e. The van der Waals surface area contributed by atoms with Crippen molar-refractivity contribution in [2.75, 3.05) is 0 Å². The molecule has 0 bridgehead atoms. The summed E-state index contributed by atoms with van der Waals surface area (Å²) in [6.07, 6.45) is 0. The molecule has 6 nitrogen and oxygen atoms in total. The molecule has 0 aliphatic carbocycles. The summed E-state index contributed by atoms with van der Waals surface area (Å²) < 4.78 is 6.81. The lowest BCUT2D eigenvalue weighted by Crippen LogP contribution is -2.04. The van der Waals surface area contributed by atoms with Crippen molar-refractivity contribution in [1.29, 1.82) is 0 Å². The SMILES string of the molecule is Cn1c(-n2c3ccccc3c3cc4c(cc32)c2ccccc2n4-c2ccccc2)nc2nc(-c3ccccc3)nc(-c3ccccc3)c21. The molecular weight excluding hydrogens is 589 g/mol. The van der Waals surface area contributed by atoms with Gasteiger partial charge < -0.3 is 9.13 Å². The number of para-hydroxylation sites is 3. The highest BCUT2D eigenvalue weighted by atomic mass is 15.3. The molecular formula is C42H28N6. The van der Waals surface area contributed by atoms with Crippen LogP contribution in [0, 0.1) is 0 Å². The normalized spacial score (nSPS) is 11.9. The Hall–Kier alpha value is -6.53. The number of rotatable bonds is 4. The maximum absolute atomic E-state index is 5.29. The van der Waals surface area contributed by atoms with Crippen LogP contribution >= 0.6 is 0 Å². The van der Waals surface area contributed by atoms with E-state index in [1.807, 2.05) is 48.5 Å². The summed E-state index contributed by atoms with van der Waals surface area (Å²) in [7, 11) is 2.07. The van der Waals surface area contributed by atoms with Crippen LogP contribution in [0.5, 0.6) is 0 Å². The second-order valence-electron chi connectivity index (χ2n) is 12.2. The third-order valence-electron chi connectivity index (χ3n) is 9.47. The van der Waals surface area contributed by atoms with E-state index in [4.69, 9.17) is 15.0 Å². The van der Waals surface area contributed by atoms with E-state index in [0.717, 1.165) is 45.0 Å². The lowest BCUT2D eigenvalue weighted by Gasteiger charge is -2.10. The van der Waals surface area contributed by atoms with E-state index in [2.05, 4.69) is 124 Å². The zero-order chi connectivity index (χ0) is 31.8. The fourth-order valence-electron chi connectivity index (χ4n) is 7.31. The maximum atomic E-state index is 5.29. The Morgan fingerprint density at radius 3 is 1.60 bits per heavy atom. The largest absolute Gasteiger partial charge is 0.309 e. The summed E-state index contributed by atoms with van der Waals surface area (Å²) in [6, 6.07) is 53.0. The second kappa shape index (κ2) is 10.2. The van der Waals surface area contributed by atoms with Crippen LogP contribution < -0.4 is 0 Å². The van der Waals surface area contributed by atoms with E-state index in [0.29, 0.717) is 11.5 Å². The molecule has 0 fully saturated rings. The van der Waals surface area contributed by atoms with E-state index in [9.17, 15) is 0 Å². The maximum Gasteiger partial charge on any atom is 0.217 e. The van der Waals surface area contributed by atoms with Gasteiger partial charge in [0.25, 0.3) is 0 Å². The minimum absolute atomic E-state index is 0.657. The highest BCUT2D eigenvalue weighted by Gasteiger charge is 2.23. The molecule has 10 rings (SSSR count). The number of nitrogens with zero attached hydrogens (tertiary/aromatic N) is 6. The zero-order valence-corrected chi connectivity index (χ0v) is 26.1. The van der Waals surface area contributed by atoms with Crippen LogP contribution in [0.2, 0.25) is 0 Å². The van der Waals surface area contributed by atoms with E-state index in [1.165, 1.54) is 32.6 Å². The van der Waals surface area contributed by atoms with Gasteiger partial charge >= 0.3 is 0 Å². The minimum atomic E-state index is 0.657. The fourth-order valence-corrected chi connectivity index (χ4v) is 7.31. The van der Waals surface area contributed by atoms with Crippen molar-refractivity contribution in [2.45, 2.75) is 0 Å². The highest BCUT2D eigenvalue weighted by Crippen LogP contribution is 2.40. The first-order valence-electron chi connectivity index (χ1n) is 16.1. The lowest BCUT2D eigenvalue weighted by molar-refractivity contribution is 0.869. The quantitative estimate of drug-likeness (QED) is 0.198. The monoisotopic (exact) mass is 616 g/mol. The molecule has 226 valence electrons. The van der Waals surface area contributed by atoms with Crippen LogP contribution in [0.4, 0.5) is 0 Å². The summed E-state index contributed by atoms with van der Waals surface area (Å²) in [5, 5.41) is 4.75. The van der Waals surface area contributed by atoms with E-state index in [1.54, 1.807) is 0 Å². The van der Waals surface area contributed by atoms with Crippen LogP contribution in [0.15, 0.2) is 152 Å². The summed E-state index contributed by atoms with van der Waals surface area (Å²) >= 11 is 0. The average molecular weight is 617 g/mol. The smallest absolute Gasteiger partial charge is 0.217 e.